The third-order valence-electron chi connectivity index (χ3n) is 3.30. The van der Waals surface area contributed by atoms with Crippen LogP contribution in [-0.2, 0) is 0 Å². The predicted octanol–water partition coefficient (Wildman–Crippen LogP) is 5.16. The van der Waals surface area contributed by atoms with E-state index in [1.54, 1.807) is 30.3 Å². The van der Waals surface area contributed by atoms with Crippen molar-refractivity contribution in [3.05, 3.63) is 81.8 Å². The average molecular weight is 377 g/mol. The summed E-state index contributed by atoms with van der Waals surface area (Å²) in [4.78, 5) is 11.8. The first kappa shape index (κ1) is 17.2. The number of rotatable bonds is 4. The van der Waals surface area contributed by atoms with Crippen molar-refractivity contribution >= 4 is 35.3 Å². The minimum Gasteiger partial charge on any atom is -0.455 e. The molecule has 0 unspecified atom stereocenters. The van der Waals surface area contributed by atoms with Gasteiger partial charge in [0, 0.05) is 11.1 Å². The third kappa shape index (κ3) is 4.26. The molecule has 0 aliphatic carbocycles. The second-order valence-electron chi connectivity index (χ2n) is 5.04. The van der Waals surface area contributed by atoms with Crippen molar-refractivity contribution in [1.29, 1.82) is 0 Å². The number of hydrogen-bond acceptors (Lipinski definition) is 3. The lowest BCUT2D eigenvalue weighted by molar-refractivity contribution is 0.0955. The van der Waals surface area contributed by atoms with Crippen LogP contribution in [0.3, 0.4) is 0 Å². The summed E-state index contributed by atoms with van der Waals surface area (Å²) in [7, 11) is 0. The fraction of sp³-hybridized carbons (Fsp3) is 0. The van der Waals surface area contributed by atoms with Crippen molar-refractivity contribution in [2.24, 2.45) is 5.10 Å². The van der Waals surface area contributed by atoms with Gasteiger partial charge in [0.25, 0.3) is 5.91 Å². The van der Waals surface area contributed by atoms with E-state index in [1.165, 1.54) is 30.5 Å². The highest BCUT2D eigenvalue weighted by Gasteiger charge is 2.07. The molecule has 0 atom stereocenters. The number of carbonyl (C=O) groups excluding carboxylic acids is 1. The summed E-state index contributed by atoms with van der Waals surface area (Å²) in [6, 6.07) is 13.8. The standard InChI is InChI=1S/C18H11Cl2FN2O2/c19-15-7-3-12(9-16(15)20)17-8-6-14(25-17)10-22-23-18(24)11-1-4-13(21)5-2-11/h1-10H,(H,23,24). The summed E-state index contributed by atoms with van der Waals surface area (Å²) in [5.74, 6) is 0.170. The summed E-state index contributed by atoms with van der Waals surface area (Å²) in [5, 5.41) is 4.71. The van der Waals surface area contributed by atoms with Crippen LogP contribution in [-0.4, -0.2) is 12.1 Å². The molecule has 7 heteroatoms. The molecule has 126 valence electrons. The lowest BCUT2D eigenvalue weighted by Gasteiger charge is -2.00. The van der Waals surface area contributed by atoms with E-state index < -0.39 is 11.7 Å². The lowest BCUT2D eigenvalue weighted by Crippen LogP contribution is -2.17. The first-order valence-corrected chi connectivity index (χ1v) is 7.93. The average Bonchev–Trinajstić information content (AvgIpc) is 3.07. The number of carbonyl (C=O) groups is 1. The normalized spacial score (nSPS) is 11.0. The van der Waals surface area contributed by atoms with Gasteiger partial charge in [0.2, 0.25) is 0 Å². The molecule has 0 saturated carbocycles. The van der Waals surface area contributed by atoms with Crippen molar-refractivity contribution in [3.8, 4) is 11.3 Å². The molecule has 25 heavy (non-hydrogen) atoms. The van der Waals surface area contributed by atoms with Crippen LogP contribution in [0.2, 0.25) is 10.0 Å². The SMILES string of the molecule is O=C(NN=Cc1ccc(-c2ccc(Cl)c(Cl)c2)o1)c1ccc(F)cc1. The van der Waals surface area contributed by atoms with Crippen LogP contribution in [0.5, 0.6) is 0 Å². The maximum absolute atomic E-state index is 12.8. The second-order valence-corrected chi connectivity index (χ2v) is 5.85. The number of amides is 1. The molecule has 0 spiro atoms. The Bertz CT molecular complexity index is 937. The van der Waals surface area contributed by atoms with Crippen molar-refractivity contribution < 1.29 is 13.6 Å². The monoisotopic (exact) mass is 376 g/mol. The number of benzene rings is 2. The van der Waals surface area contributed by atoms with Crippen LogP contribution in [0.15, 0.2) is 64.1 Å². The Morgan fingerprint density at radius 1 is 1.04 bits per heavy atom. The van der Waals surface area contributed by atoms with E-state index in [0.29, 0.717) is 27.1 Å². The maximum Gasteiger partial charge on any atom is 0.271 e. The van der Waals surface area contributed by atoms with Gasteiger partial charge in [-0.3, -0.25) is 4.79 Å². The van der Waals surface area contributed by atoms with E-state index in [1.807, 2.05) is 0 Å². The molecule has 0 saturated heterocycles. The van der Waals surface area contributed by atoms with Crippen molar-refractivity contribution in [3.63, 3.8) is 0 Å². The smallest absolute Gasteiger partial charge is 0.271 e. The van der Waals surface area contributed by atoms with Gasteiger partial charge in [-0.1, -0.05) is 23.2 Å². The highest BCUT2D eigenvalue weighted by atomic mass is 35.5. The first-order chi connectivity index (χ1) is 12.0. The highest BCUT2D eigenvalue weighted by Crippen LogP contribution is 2.29. The fourth-order valence-electron chi connectivity index (χ4n) is 2.05. The highest BCUT2D eigenvalue weighted by molar-refractivity contribution is 6.42. The van der Waals surface area contributed by atoms with E-state index >= 15 is 0 Å². The number of furan rings is 1. The molecule has 1 heterocycles. The Balaban J connectivity index is 1.66. The molecular formula is C18H11Cl2FN2O2. The van der Waals surface area contributed by atoms with Gasteiger partial charge in [-0.15, -0.1) is 0 Å². The molecular weight excluding hydrogens is 366 g/mol. The molecule has 1 aromatic heterocycles. The lowest BCUT2D eigenvalue weighted by atomic mass is 10.2. The second kappa shape index (κ2) is 7.51. The summed E-state index contributed by atoms with van der Waals surface area (Å²) < 4.78 is 18.4. The minimum atomic E-state index is -0.451. The van der Waals surface area contributed by atoms with Gasteiger partial charge in [-0.2, -0.15) is 5.10 Å². The molecule has 1 amide bonds. The van der Waals surface area contributed by atoms with E-state index in [2.05, 4.69) is 10.5 Å². The van der Waals surface area contributed by atoms with Crippen molar-refractivity contribution in [2.45, 2.75) is 0 Å². The van der Waals surface area contributed by atoms with Gasteiger partial charge in [0.1, 0.15) is 17.3 Å². The van der Waals surface area contributed by atoms with Gasteiger partial charge in [-0.25, -0.2) is 9.82 Å². The molecule has 3 aromatic rings. The fourth-order valence-corrected chi connectivity index (χ4v) is 2.35. The molecule has 0 aliphatic rings. The predicted molar refractivity (Wildman–Crippen MR) is 95.6 cm³/mol. The Morgan fingerprint density at radius 3 is 2.52 bits per heavy atom. The van der Waals surface area contributed by atoms with E-state index in [-0.39, 0.29) is 0 Å². The third-order valence-corrected chi connectivity index (χ3v) is 4.03. The molecule has 1 N–H and O–H groups in total. The van der Waals surface area contributed by atoms with Crippen LogP contribution in [0, 0.1) is 5.82 Å². The number of nitrogens with zero attached hydrogens (tertiary/aromatic N) is 1. The van der Waals surface area contributed by atoms with Gasteiger partial charge >= 0.3 is 0 Å². The maximum atomic E-state index is 12.8. The van der Waals surface area contributed by atoms with Crippen LogP contribution in [0.25, 0.3) is 11.3 Å². The Labute approximate surface area is 152 Å². The summed E-state index contributed by atoms with van der Waals surface area (Å²) in [5.41, 5.74) is 3.41. The molecule has 0 fully saturated rings. The molecule has 4 nitrogen and oxygen atoms in total. The van der Waals surface area contributed by atoms with Gasteiger partial charge in [0.15, 0.2) is 0 Å². The molecule has 0 bridgehead atoms. The molecule has 2 aromatic carbocycles. The van der Waals surface area contributed by atoms with Gasteiger partial charge in [-0.05, 0) is 54.6 Å². The van der Waals surface area contributed by atoms with E-state index in [4.69, 9.17) is 27.6 Å². The number of hydrogen-bond donors (Lipinski definition) is 1. The van der Waals surface area contributed by atoms with E-state index in [0.717, 1.165) is 5.56 Å². The quantitative estimate of drug-likeness (QED) is 0.505. The summed E-state index contributed by atoms with van der Waals surface area (Å²) >= 11 is 11.9. The zero-order chi connectivity index (χ0) is 17.8. The Hall–Kier alpha value is -2.63. The molecule has 0 radical (unpaired) electrons. The molecule has 0 aliphatic heterocycles. The van der Waals surface area contributed by atoms with Crippen molar-refractivity contribution in [2.75, 3.05) is 0 Å². The number of hydrazone groups is 1. The zero-order valence-corrected chi connectivity index (χ0v) is 14.2. The van der Waals surface area contributed by atoms with Gasteiger partial charge in [0.05, 0.1) is 16.3 Å². The van der Waals surface area contributed by atoms with Gasteiger partial charge < -0.3 is 4.42 Å². The molecule has 3 rings (SSSR count). The van der Waals surface area contributed by atoms with Crippen LogP contribution >= 0.6 is 23.2 Å². The Kier molecular flexibility index (Phi) is 5.16. The number of nitrogens with one attached hydrogen (secondary N) is 1. The minimum absolute atomic E-state index is 0.300. The van der Waals surface area contributed by atoms with Crippen LogP contribution in [0.1, 0.15) is 16.1 Å². The first-order valence-electron chi connectivity index (χ1n) is 7.17. The van der Waals surface area contributed by atoms with Crippen LogP contribution < -0.4 is 5.43 Å². The Morgan fingerprint density at radius 2 is 1.80 bits per heavy atom. The number of halogens is 3. The van der Waals surface area contributed by atoms with E-state index in [9.17, 15) is 9.18 Å². The largest absolute Gasteiger partial charge is 0.455 e. The topological polar surface area (TPSA) is 54.6 Å². The van der Waals surface area contributed by atoms with Crippen molar-refractivity contribution in [1.82, 2.24) is 5.43 Å². The van der Waals surface area contributed by atoms with Crippen LogP contribution in [0.4, 0.5) is 4.39 Å². The summed E-state index contributed by atoms with van der Waals surface area (Å²) in [6.45, 7) is 0. The zero-order valence-electron chi connectivity index (χ0n) is 12.7. The summed E-state index contributed by atoms with van der Waals surface area (Å²) in [6.07, 6.45) is 1.36.